The molecule has 1 nitrogen and oxygen atoms in total. The standard InChI is InChI=1S/C22H45N/c1-4-5-6-7-8-9-10-11-12-13-14-15-16-17-18-19-20-21-22(2,3)23/h11-12H,4-10,13-21,23H2,1-3H3. The van der Waals surface area contributed by atoms with E-state index in [4.69, 9.17) is 5.73 Å². The molecule has 138 valence electrons. The van der Waals surface area contributed by atoms with Crippen LogP contribution in [0.25, 0.3) is 0 Å². The van der Waals surface area contributed by atoms with Crippen LogP contribution in [0.15, 0.2) is 12.2 Å². The van der Waals surface area contributed by atoms with Gasteiger partial charge in [0.15, 0.2) is 0 Å². The van der Waals surface area contributed by atoms with Crippen molar-refractivity contribution in [2.75, 3.05) is 0 Å². The second-order valence-corrected chi connectivity index (χ2v) is 8.03. The van der Waals surface area contributed by atoms with Crippen LogP contribution in [0.4, 0.5) is 0 Å². The summed E-state index contributed by atoms with van der Waals surface area (Å²) in [6.45, 7) is 6.55. The number of unbranched alkanes of at least 4 members (excludes halogenated alkanes) is 13. The van der Waals surface area contributed by atoms with Gasteiger partial charge in [0, 0.05) is 5.54 Å². The van der Waals surface area contributed by atoms with Crippen LogP contribution >= 0.6 is 0 Å². The summed E-state index contributed by atoms with van der Waals surface area (Å²) in [6.07, 6.45) is 26.7. The Morgan fingerprint density at radius 2 is 1.00 bits per heavy atom. The van der Waals surface area contributed by atoms with Crippen molar-refractivity contribution in [3.63, 3.8) is 0 Å². The van der Waals surface area contributed by atoms with Crippen molar-refractivity contribution in [2.45, 2.75) is 129 Å². The predicted molar refractivity (Wildman–Crippen MR) is 107 cm³/mol. The fourth-order valence-corrected chi connectivity index (χ4v) is 3.00. The van der Waals surface area contributed by atoms with E-state index in [9.17, 15) is 0 Å². The van der Waals surface area contributed by atoms with Gasteiger partial charge in [-0.1, -0.05) is 89.7 Å². The lowest BCUT2D eigenvalue weighted by Crippen LogP contribution is -2.31. The zero-order valence-electron chi connectivity index (χ0n) is 16.5. The van der Waals surface area contributed by atoms with E-state index in [1.807, 2.05) is 0 Å². The minimum absolute atomic E-state index is 0.0296. The molecule has 0 aromatic heterocycles. The summed E-state index contributed by atoms with van der Waals surface area (Å²) in [6, 6.07) is 0. The molecule has 0 aliphatic heterocycles. The van der Waals surface area contributed by atoms with Gasteiger partial charge in [-0.15, -0.1) is 0 Å². The van der Waals surface area contributed by atoms with Crippen molar-refractivity contribution in [3.8, 4) is 0 Å². The van der Waals surface area contributed by atoms with E-state index >= 15 is 0 Å². The molecule has 0 amide bonds. The average molecular weight is 324 g/mol. The molecule has 0 radical (unpaired) electrons. The van der Waals surface area contributed by atoms with Crippen LogP contribution in [-0.2, 0) is 0 Å². The van der Waals surface area contributed by atoms with Gasteiger partial charge in [0.05, 0.1) is 0 Å². The molecule has 0 aliphatic carbocycles. The number of hydrogen-bond acceptors (Lipinski definition) is 1. The summed E-state index contributed by atoms with van der Waals surface area (Å²) < 4.78 is 0. The lowest BCUT2D eigenvalue weighted by molar-refractivity contribution is 0.440. The van der Waals surface area contributed by atoms with Crippen molar-refractivity contribution in [1.82, 2.24) is 0 Å². The number of hydrogen-bond donors (Lipinski definition) is 1. The van der Waals surface area contributed by atoms with Crippen molar-refractivity contribution in [3.05, 3.63) is 12.2 Å². The molecular formula is C22H45N. The van der Waals surface area contributed by atoms with Crippen molar-refractivity contribution in [1.29, 1.82) is 0 Å². The smallest absolute Gasteiger partial charge is 0.00970 e. The van der Waals surface area contributed by atoms with Gasteiger partial charge in [-0.05, 0) is 46.0 Å². The van der Waals surface area contributed by atoms with Gasteiger partial charge in [0.25, 0.3) is 0 Å². The van der Waals surface area contributed by atoms with Crippen molar-refractivity contribution >= 4 is 0 Å². The zero-order chi connectivity index (χ0) is 17.2. The molecule has 23 heavy (non-hydrogen) atoms. The van der Waals surface area contributed by atoms with Gasteiger partial charge in [-0.2, -0.15) is 0 Å². The van der Waals surface area contributed by atoms with E-state index < -0.39 is 0 Å². The zero-order valence-corrected chi connectivity index (χ0v) is 16.5. The SMILES string of the molecule is CCCCCCCCC=CCCCCCCCCCC(C)(C)N. The molecule has 0 fully saturated rings. The van der Waals surface area contributed by atoms with Gasteiger partial charge >= 0.3 is 0 Å². The summed E-state index contributed by atoms with van der Waals surface area (Å²) >= 11 is 0. The van der Waals surface area contributed by atoms with Crippen LogP contribution < -0.4 is 5.73 Å². The predicted octanol–water partition coefficient (Wildman–Crippen LogP) is 7.54. The highest BCUT2D eigenvalue weighted by Gasteiger charge is 2.08. The van der Waals surface area contributed by atoms with E-state index in [0.29, 0.717) is 0 Å². The Morgan fingerprint density at radius 3 is 1.43 bits per heavy atom. The average Bonchev–Trinajstić information content (AvgIpc) is 2.49. The third kappa shape index (κ3) is 21.7. The molecule has 0 unspecified atom stereocenters. The molecule has 0 atom stereocenters. The first-order valence-corrected chi connectivity index (χ1v) is 10.5. The lowest BCUT2D eigenvalue weighted by Gasteiger charge is -2.17. The first-order chi connectivity index (χ1) is 11.1. The van der Waals surface area contributed by atoms with Crippen LogP contribution in [0.3, 0.4) is 0 Å². The maximum atomic E-state index is 6.00. The van der Waals surface area contributed by atoms with Crippen LogP contribution in [0.5, 0.6) is 0 Å². The van der Waals surface area contributed by atoms with E-state index in [-0.39, 0.29) is 5.54 Å². The fraction of sp³-hybridized carbons (Fsp3) is 0.909. The first-order valence-electron chi connectivity index (χ1n) is 10.5. The topological polar surface area (TPSA) is 26.0 Å². The quantitative estimate of drug-likeness (QED) is 0.217. The highest BCUT2D eigenvalue weighted by atomic mass is 14.7. The molecule has 0 aliphatic rings. The summed E-state index contributed by atoms with van der Waals surface area (Å²) in [5.74, 6) is 0. The van der Waals surface area contributed by atoms with Crippen LogP contribution in [-0.4, -0.2) is 5.54 Å². The molecule has 1 heteroatoms. The number of nitrogens with two attached hydrogens (primary N) is 1. The van der Waals surface area contributed by atoms with Gasteiger partial charge in [-0.3, -0.25) is 0 Å². The van der Waals surface area contributed by atoms with Gasteiger partial charge < -0.3 is 5.73 Å². The minimum Gasteiger partial charge on any atom is -0.326 e. The highest BCUT2D eigenvalue weighted by molar-refractivity contribution is 4.81. The molecule has 0 aromatic carbocycles. The molecule has 0 aromatic rings. The molecule has 0 saturated carbocycles. The monoisotopic (exact) mass is 323 g/mol. The summed E-state index contributed by atoms with van der Waals surface area (Å²) in [5, 5.41) is 0. The Bertz CT molecular complexity index is 249. The summed E-state index contributed by atoms with van der Waals surface area (Å²) in [4.78, 5) is 0. The lowest BCUT2D eigenvalue weighted by atomic mass is 9.97. The molecule has 2 N–H and O–H groups in total. The molecular weight excluding hydrogens is 278 g/mol. The van der Waals surface area contributed by atoms with Gasteiger partial charge in [0.2, 0.25) is 0 Å². The van der Waals surface area contributed by atoms with Crippen molar-refractivity contribution < 1.29 is 0 Å². The molecule has 0 heterocycles. The van der Waals surface area contributed by atoms with Crippen LogP contribution in [0, 0.1) is 0 Å². The van der Waals surface area contributed by atoms with Gasteiger partial charge in [-0.25, -0.2) is 0 Å². The maximum Gasteiger partial charge on any atom is 0.00970 e. The Hall–Kier alpha value is -0.300. The molecule has 0 bridgehead atoms. The van der Waals surface area contributed by atoms with E-state index in [1.54, 1.807) is 0 Å². The second-order valence-electron chi connectivity index (χ2n) is 8.03. The Labute approximate surface area is 147 Å². The highest BCUT2D eigenvalue weighted by Crippen LogP contribution is 2.14. The third-order valence-electron chi connectivity index (χ3n) is 4.58. The minimum atomic E-state index is 0.0296. The van der Waals surface area contributed by atoms with E-state index in [1.165, 1.54) is 96.3 Å². The number of rotatable bonds is 17. The Kier molecular flexibility index (Phi) is 16.3. The second kappa shape index (κ2) is 16.6. The molecule has 0 rings (SSSR count). The van der Waals surface area contributed by atoms with E-state index in [0.717, 1.165) is 6.42 Å². The van der Waals surface area contributed by atoms with Crippen LogP contribution in [0.2, 0.25) is 0 Å². The maximum absolute atomic E-state index is 6.00. The van der Waals surface area contributed by atoms with Gasteiger partial charge in [0.1, 0.15) is 0 Å². The number of allylic oxidation sites excluding steroid dienone is 2. The fourth-order valence-electron chi connectivity index (χ4n) is 3.00. The Balaban J connectivity index is 3.11. The Morgan fingerprint density at radius 1 is 0.609 bits per heavy atom. The largest absolute Gasteiger partial charge is 0.326 e. The third-order valence-corrected chi connectivity index (χ3v) is 4.58. The normalized spacial score (nSPS) is 12.3. The first kappa shape index (κ1) is 22.7. The van der Waals surface area contributed by atoms with E-state index in [2.05, 4.69) is 32.9 Å². The van der Waals surface area contributed by atoms with Crippen molar-refractivity contribution in [2.24, 2.45) is 5.73 Å². The summed E-state index contributed by atoms with van der Waals surface area (Å²) in [7, 11) is 0. The summed E-state index contributed by atoms with van der Waals surface area (Å²) in [5.41, 5.74) is 6.03. The van der Waals surface area contributed by atoms with Crippen LogP contribution in [0.1, 0.15) is 124 Å². The molecule has 0 spiro atoms. The molecule has 0 saturated heterocycles.